The van der Waals surface area contributed by atoms with Crippen LogP contribution in [0.25, 0.3) is 0 Å². The van der Waals surface area contributed by atoms with Crippen LogP contribution in [0.5, 0.6) is 11.5 Å². The number of hydrogen-bond acceptors (Lipinski definition) is 4. The van der Waals surface area contributed by atoms with Crippen molar-refractivity contribution in [3.63, 3.8) is 0 Å². The minimum Gasteiger partial charge on any atom is -0.497 e. The molecule has 144 valence electrons. The third-order valence-electron chi connectivity index (χ3n) is 4.94. The molecule has 1 atom stereocenters. The molecule has 2 amide bonds. The standard InChI is InChI=1S/C21H27N3O3/c1-23(2)19-9-6-5-8-17(19)22-21(25)24-13-7-10-18(24)16-14-15(26-3)11-12-20(16)27-4/h5-6,8-9,11-12,14,18H,7,10,13H2,1-4H3,(H,22,25). The summed E-state index contributed by atoms with van der Waals surface area (Å²) in [7, 11) is 7.22. The Morgan fingerprint density at radius 3 is 2.63 bits per heavy atom. The maximum Gasteiger partial charge on any atom is 0.322 e. The van der Waals surface area contributed by atoms with E-state index in [0.717, 1.165) is 41.3 Å². The summed E-state index contributed by atoms with van der Waals surface area (Å²) in [5.41, 5.74) is 2.75. The van der Waals surface area contributed by atoms with Crippen molar-refractivity contribution in [1.29, 1.82) is 0 Å². The van der Waals surface area contributed by atoms with Crippen LogP contribution in [0.2, 0.25) is 0 Å². The van der Waals surface area contributed by atoms with E-state index in [1.54, 1.807) is 14.2 Å². The van der Waals surface area contributed by atoms with Crippen molar-refractivity contribution in [2.24, 2.45) is 0 Å². The number of rotatable bonds is 5. The second kappa shape index (κ2) is 8.20. The number of amides is 2. The predicted octanol–water partition coefficient (Wildman–Crippen LogP) is 4.14. The van der Waals surface area contributed by atoms with E-state index in [1.165, 1.54) is 0 Å². The van der Waals surface area contributed by atoms with E-state index in [4.69, 9.17) is 9.47 Å². The zero-order valence-corrected chi connectivity index (χ0v) is 16.4. The van der Waals surface area contributed by atoms with Crippen LogP contribution in [0.3, 0.4) is 0 Å². The monoisotopic (exact) mass is 369 g/mol. The van der Waals surface area contributed by atoms with E-state index < -0.39 is 0 Å². The van der Waals surface area contributed by atoms with Gasteiger partial charge in [-0.05, 0) is 43.2 Å². The van der Waals surface area contributed by atoms with Gasteiger partial charge in [0.05, 0.1) is 31.6 Å². The molecule has 0 aliphatic carbocycles. The van der Waals surface area contributed by atoms with Crippen LogP contribution in [0.15, 0.2) is 42.5 Å². The number of nitrogens with zero attached hydrogens (tertiary/aromatic N) is 2. The Kier molecular flexibility index (Phi) is 5.74. The Labute approximate surface area is 160 Å². The third-order valence-corrected chi connectivity index (χ3v) is 4.94. The topological polar surface area (TPSA) is 54.0 Å². The van der Waals surface area contributed by atoms with Gasteiger partial charge in [0.1, 0.15) is 11.5 Å². The normalized spacial score (nSPS) is 16.1. The number of urea groups is 1. The van der Waals surface area contributed by atoms with E-state index in [1.807, 2.05) is 66.4 Å². The fourth-order valence-electron chi connectivity index (χ4n) is 3.59. The highest BCUT2D eigenvalue weighted by atomic mass is 16.5. The zero-order valence-electron chi connectivity index (χ0n) is 16.4. The number of carbonyl (C=O) groups excluding carboxylic acids is 1. The van der Waals surface area contributed by atoms with Gasteiger partial charge >= 0.3 is 6.03 Å². The average Bonchev–Trinajstić information content (AvgIpc) is 3.17. The second-order valence-electron chi connectivity index (χ2n) is 6.80. The maximum atomic E-state index is 13.1. The summed E-state index contributed by atoms with van der Waals surface area (Å²) >= 11 is 0. The molecular weight excluding hydrogens is 342 g/mol. The maximum absolute atomic E-state index is 13.1. The molecule has 0 bridgehead atoms. The van der Waals surface area contributed by atoms with E-state index in [9.17, 15) is 4.79 Å². The molecule has 3 rings (SSSR count). The summed E-state index contributed by atoms with van der Waals surface area (Å²) in [4.78, 5) is 16.9. The lowest BCUT2D eigenvalue weighted by molar-refractivity contribution is 0.206. The molecule has 1 unspecified atom stereocenters. The highest BCUT2D eigenvalue weighted by Gasteiger charge is 2.32. The molecule has 1 N–H and O–H groups in total. The van der Waals surface area contributed by atoms with Crippen molar-refractivity contribution in [2.45, 2.75) is 18.9 Å². The predicted molar refractivity (Wildman–Crippen MR) is 108 cm³/mol. The van der Waals surface area contributed by atoms with Crippen LogP contribution >= 0.6 is 0 Å². The molecule has 2 aromatic rings. The molecule has 6 nitrogen and oxygen atoms in total. The summed E-state index contributed by atoms with van der Waals surface area (Å²) in [5, 5.41) is 3.07. The number of para-hydroxylation sites is 2. The molecule has 2 aromatic carbocycles. The van der Waals surface area contributed by atoms with E-state index in [0.29, 0.717) is 6.54 Å². The number of nitrogens with one attached hydrogen (secondary N) is 1. The first kappa shape index (κ1) is 18.9. The molecule has 1 aliphatic heterocycles. The summed E-state index contributed by atoms with van der Waals surface area (Å²) in [6.07, 6.45) is 1.85. The molecule has 0 spiro atoms. The molecule has 0 radical (unpaired) electrons. The van der Waals surface area contributed by atoms with Gasteiger partial charge in [-0.2, -0.15) is 0 Å². The van der Waals surface area contributed by atoms with Crippen molar-refractivity contribution in [1.82, 2.24) is 4.90 Å². The van der Waals surface area contributed by atoms with Crippen molar-refractivity contribution < 1.29 is 14.3 Å². The summed E-state index contributed by atoms with van der Waals surface area (Å²) in [6, 6.07) is 13.4. The van der Waals surface area contributed by atoms with Gasteiger partial charge in [0, 0.05) is 26.2 Å². The number of hydrogen-bond donors (Lipinski definition) is 1. The lowest BCUT2D eigenvalue weighted by Gasteiger charge is -2.28. The molecule has 1 fully saturated rings. The molecule has 0 aromatic heterocycles. The molecule has 1 aliphatic rings. The fourth-order valence-corrected chi connectivity index (χ4v) is 3.59. The molecule has 0 saturated carbocycles. The SMILES string of the molecule is COc1ccc(OC)c(C2CCCN2C(=O)Nc2ccccc2N(C)C)c1. The van der Waals surface area contributed by atoms with Gasteiger partial charge in [-0.15, -0.1) is 0 Å². The minimum atomic E-state index is -0.100. The Bertz CT molecular complexity index is 807. The Hall–Kier alpha value is -2.89. The first-order chi connectivity index (χ1) is 13.0. The number of likely N-dealkylation sites (tertiary alicyclic amines) is 1. The van der Waals surface area contributed by atoms with Crippen LogP contribution in [0.1, 0.15) is 24.4 Å². The van der Waals surface area contributed by atoms with Gasteiger partial charge in [0.15, 0.2) is 0 Å². The summed E-state index contributed by atoms with van der Waals surface area (Å²) in [6.45, 7) is 0.709. The Balaban J connectivity index is 1.86. The van der Waals surface area contributed by atoms with E-state index >= 15 is 0 Å². The largest absolute Gasteiger partial charge is 0.497 e. The molecule has 1 saturated heterocycles. The second-order valence-corrected chi connectivity index (χ2v) is 6.80. The van der Waals surface area contributed by atoms with Crippen molar-refractivity contribution in [3.8, 4) is 11.5 Å². The highest BCUT2D eigenvalue weighted by molar-refractivity contribution is 5.93. The molecule has 1 heterocycles. The van der Waals surface area contributed by atoms with Gasteiger partial charge in [-0.25, -0.2) is 4.79 Å². The van der Waals surface area contributed by atoms with Crippen LogP contribution in [0.4, 0.5) is 16.2 Å². The smallest absolute Gasteiger partial charge is 0.322 e. The lowest BCUT2D eigenvalue weighted by atomic mass is 10.0. The molecular formula is C21H27N3O3. The fraction of sp³-hybridized carbons (Fsp3) is 0.381. The average molecular weight is 369 g/mol. The van der Waals surface area contributed by atoms with Gasteiger partial charge < -0.3 is 24.6 Å². The van der Waals surface area contributed by atoms with Crippen LogP contribution in [-0.4, -0.2) is 45.8 Å². The first-order valence-corrected chi connectivity index (χ1v) is 9.11. The first-order valence-electron chi connectivity index (χ1n) is 9.11. The van der Waals surface area contributed by atoms with Crippen LogP contribution in [-0.2, 0) is 0 Å². The number of benzene rings is 2. The third kappa shape index (κ3) is 3.94. The van der Waals surface area contributed by atoms with Crippen molar-refractivity contribution in [2.75, 3.05) is 45.1 Å². The van der Waals surface area contributed by atoms with Crippen molar-refractivity contribution >= 4 is 17.4 Å². The Morgan fingerprint density at radius 2 is 1.93 bits per heavy atom. The van der Waals surface area contributed by atoms with Gasteiger partial charge in [0.25, 0.3) is 0 Å². The van der Waals surface area contributed by atoms with Gasteiger partial charge in [-0.1, -0.05) is 12.1 Å². The van der Waals surface area contributed by atoms with Gasteiger partial charge in [-0.3, -0.25) is 0 Å². The summed E-state index contributed by atoms with van der Waals surface area (Å²) < 4.78 is 10.9. The van der Waals surface area contributed by atoms with Crippen molar-refractivity contribution in [3.05, 3.63) is 48.0 Å². The number of anilines is 2. The zero-order chi connectivity index (χ0) is 19.4. The van der Waals surface area contributed by atoms with Gasteiger partial charge in [0.2, 0.25) is 0 Å². The number of carbonyl (C=O) groups is 1. The lowest BCUT2D eigenvalue weighted by Crippen LogP contribution is -2.35. The highest BCUT2D eigenvalue weighted by Crippen LogP contribution is 2.39. The van der Waals surface area contributed by atoms with Crippen LogP contribution < -0.4 is 19.7 Å². The number of methoxy groups -OCH3 is 2. The quantitative estimate of drug-likeness (QED) is 0.861. The number of ether oxygens (including phenoxy) is 2. The molecule has 27 heavy (non-hydrogen) atoms. The van der Waals surface area contributed by atoms with E-state index in [2.05, 4.69) is 5.32 Å². The van der Waals surface area contributed by atoms with Crippen LogP contribution in [0, 0.1) is 0 Å². The minimum absolute atomic E-state index is 0.0402. The Morgan fingerprint density at radius 1 is 1.15 bits per heavy atom. The summed E-state index contributed by atoms with van der Waals surface area (Å²) in [5.74, 6) is 1.53. The molecule has 6 heteroatoms. The van der Waals surface area contributed by atoms with E-state index in [-0.39, 0.29) is 12.1 Å².